The van der Waals surface area contributed by atoms with Gasteiger partial charge in [0.15, 0.2) is 5.16 Å². The zero-order valence-corrected chi connectivity index (χ0v) is 20.2. The van der Waals surface area contributed by atoms with E-state index in [0.29, 0.717) is 30.7 Å². The third-order valence-corrected chi connectivity index (χ3v) is 8.20. The van der Waals surface area contributed by atoms with Gasteiger partial charge < -0.3 is 14.2 Å². The molecule has 2 aliphatic heterocycles. The summed E-state index contributed by atoms with van der Waals surface area (Å²) in [6.07, 6.45) is 3.88. The number of aromatic nitrogens is 3. The number of rotatable bonds is 6. The van der Waals surface area contributed by atoms with Gasteiger partial charge in [-0.3, -0.25) is 9.36 Å². The maximum atomic E-state index is 12.9. The van der Waals surface area contributed by atoms with Gasteiger partial charge in [-0.25, -0.2) is 0 Å². The number of carbonyl (C=O) groups excluding carboxylic acids is 1. The lowest BCUT2D eigenvalue weighted by Gasteiger charge is -2.35. The van der Waals surface area contributed by atoms with E-state index in [1.807, 2.05) is 17.0 Å². The molecule has 1 saturated heterocycles. The van der Waals surface area contributed by atoms with Crippen LogP contribution >= 0.6 is 23.1 Å². The molecule has 9 heteroatoms. The highest BCUT2D eigenvalue weighted by Gasteiger charge is 2.28. The second-order valence-electron chi connectivity index (χ2n) is 9.02. The highest BCUT2D eigenvalue weighted by atomic mass is 32.2. The zero-order valence-electron chi connectivity index (χ0n) is 18.6. The van der Waals surface area contributed by atoms with Crippen molar-refractivity contribution in [2.24, 2.45) is 11.8 Å². The minimum absolute atomic E-state index is 0.154. The molecule has 0 radical (unpaired) electrons. The lowest BCUT2D eigenvalue weighted by atomic mass is 9.92. The van der Waals surface area contributed by atoms with Crippen LogP contribution < -0.4 is 4.90 Å². The van der Waals surface area contributed by atoms with E-state index in [0.717, 1.165) is 42.9 Å². The SMILES string of the molecule is CC1CC(C)CN(c2nnc(SCC(=O)N3CCc4sccc4C3)n2Cc2ccco2)C1. The van der Waals surface area contributed by atoms with Crippen molar-refractivity contribution in [3.63, 3.8) is 0 Å². The first-order valence-electron chi connectivity index (χ1n) is 11.2. The van der Waals surface area contributed by atoms with Gasteiger partial charge in [0.05, 0.1) is 18.6 Å². The highest BCUT2D eigenvalue weighted by molar-refractivity contribution is 7.99. The summed E-state index contributed by atoms with van der Waals surface area (Å²) in [4.78, 5) is 18.7. The predicted octanol–water partition coefficient (Wildman–Crippen LogP) is 4.14. The van der Waals surface area contributed by atoms with Crippen LogP contribution in [-0.2, 0) is 24.3 Å². The molecule has 2 unspecified atom stereocenters. The molecule has 170 valence electrons. The summed E-state index contributed by atoms with van der Waals surface area (Å²) < 4.78 is 7.72. The molecule has 0 saturated carbocycles. The molecule has 1 fully saturated rings. The van der Waals surface area contributed by atoms with Crippen molar-refractivity contribution in [3.8, 4) is 0 Å². The summed E-state index contributed by atoms with van der Waals surface area (Å²) in [5.41, 5.74) is 1.29. The van der Waals surface area contributed by atoms with Gasteiger partial charge in [0.2, 0.25) is 11.9 Å². The third-order valence-electron chi connectivity index (χ3n) is 6.23. The molecule has 32 heavy (non-hydrogen) atoms. The monoisotopic (exact) mass is 471 g/mol. The van der Waals surface area contributed by atoms with Gasteiger partial charge in [-0.05, 0) is 53.8 Å². The van der Waals surface area contributed by atoms with E-state index in [1.54, 1.807) is 17.6 Å². The van der Waals surface area contributed by atoms with Gasteiger partial charge in [-0.15, -0.1) is 21.5 Å². The fourth-order valence-electron chi connectivity index (χ4n) is 4.82. The second kappa shape index (κ2) is 9.31. The maximum Gasteiger partial charge on any atom is 0.233 e. The van der Waals surface area contributed by atoms with Gasteiger partial charge >= 0.3 is 0 Å². The van der Waals surface area contributed by atoms with Gasteiger partial charge in [-0.2, -0.15) is 0 Å². The first kappa shape index (κ1) is 21.6. The summed E-state index contributed by atoms with van der Waals surface area (Å²) >= 11 is 3.26. The van der Waals surface area contributed by atoms with Crippen LogP contribution in [-0.4, -0.2) is 51.0 Å². The van der Waals surface area contributed by atoms with Crippen molar-refractivity contribution in [2.45, 2.75) is 44.9 Å². The number of thiophene rings is 1. The lowest BCUT2D eigenvalue weighted by molar-refractivity contribution is -0.129. The molecule has 3 aromatic heterocycles. The Labute approximate surface area is 196 Å². The van der Waals surface area contributed by atoms with Gasteiger partial charge in [0.25, 0.3) is 0 Å². The molecule has 0 aliphatic carbocycles. The van der Waals surface area contributed by atoms with E-state index in [2.05, 4.69) is 45.0 Å². The van der Waals surface area contributed by atoms with Crippen LogP contribution in [0.5, 0.6) is 0 Å². The normalized spacial score (nSPS) is 21.1. The lowest BCUT2D eigenvalue weighted by Crippen LogP contribution is -2.40. The summed E-state index contributed by atoms with van der Waals surface area (Å²) in [7, 11) is 0. The minimum atomic E-state index is 0.154. The Balaban J connectivity index is 1.32. The van der Waals surface area contributed by atoms with Crippen molar-refractivity contribution in [2.75, 3.05) is 30.3 Å². The van der Waals surface area contributed by atoms with E-state index < -0.39 is 0 Å². The van der Waals surface area contributed by atoms with Crippen molar-refractivity contribution in [1.29, 1.82) is 0 Å². The zero-order chi connectivity index (χ0) is 22.1. The molecule has 5 rings (SSSR count). The molecule has 2 aliphatic rings. The second-order valence-corrected chi connectivity index (χ2v) is 11.0. The van der Waals surface area contributed by atoms with E-state index in [4.69, 9.17) is 4.42 Å². The molecular weight excluding hydrogens is 442 g/mol. The van der Waals surface area contributed by atoms with Crippen LogP contribution in [0.25, 0.3) is 0 Å². The van der Waals surface area contributed by atoms with Crippen LogP contribution in [0.4, 0.5) is 5.95 Å². The molecular formula is C23H29N5O2S2. The van der Waals surface area contributed by atoms with Crippen molar-refractivity contribution in [1.82, 2.24) is 19.7 Å². The molecule has 7 nitrogen and oxygen atoms in total. The summed E-state index contributed by atoms with van der Waals surface area (Å²) in [5.74, 6) is 3.48. The molecule has 0 spiro atoms. The largest absolute Gasteiger partial charge is 0.467 e. The van der Waals surface area contributed by atoms with Crippen LogP contribution in [0.3, 0.4) is 0 Å². The topological polar surface area (TPSA) is 67.4 Å². The fourth-order valence-corrected chi connectivity index (χ4v) is 6.55. The average Bonchev–Trinajstić information content (AvgIpc) is 3.52. The Hall–Kier alpha value is -2.26. The van der Waals surface area contributed by atoms with Crippen molar-refractivity contribution in [3.05, 3.63) is 46.0 Å². The number of anilines is 1. The average molecular weight is 472 g/mol. The molecule has 0 bridgehead atoms. The van der Waals surface area contributed by atoms with Gasteiger partial charge in [0.1, 0.15) is 5.76 Å². The summed E-state index contributed by atoms with van der Waals surface area (Å²) in [6.45, 7) is 8.60. The molecule has 1 amide bonds. The third kappa shape index (κ3) is 4.59. The molecule has 0 aromatic carbocycles. The van der Waals surface area contributed by atoms with Crippen LogP contribution in [0.15, 0.2) is 39.4 Å². The molecule has 2 atom stereocenters. The fraction of sp³-hybridized carbons (Fsp3) is 0.522. The quantitative estimate of drug-likeness (QED) is 0.504. The van der Waals surface area contributed by atoms with Gasteiger partial charge in [0, 0.05) is 31.1 Å². The maximum absolute atomic E-state index is 12.9. The van der Waals surface area contributed by atoms with E-state index in [-0.39, 0.29) is 5.91 Å². The summed E-state index contributed by atoms with van der Waals surface area (Å²) in [5, 5.41) is 11.9. The first-order chi connectivity index (χ1) is 15.6. The number of hydrogen-bond acceptors (Lipinski definition) is 7. The van der Waals surface area contributed by atoms with E-state index in [9.17, 15) is 4.79 Å². The highest BCUT2D eigenvalue weighted by Crippen LogP contribution is 2.30. The number of piperidine rings is 1. The summed E-state index contributed by atoms with van der Waals surface area (Å²) in [6, 6.07) is 6.01. The number of furan rings is 1. The van der Waals surface area contributed by atoms with Crippen LogP contribution in [0.1, 0.15) is 36.5 Å². The van der Waals surface area contributed by atoms with E-state index >= 15 is 0 Å². The first-order valence-corrected chi connectivity index (χ1v) is 13.1. The molecule has 0 N–H and O–H groups in total. The minimum Gasteiger partial charge on any atom is -0.467 e. The Morgan fingerprint density at radius 3 is 2.88 bits per heavy atom. The van der Waals surface area contributed by atoms with Crippen LogP contribution in [0.2, 0.25) is 0 Å². The smallest absolute Gasteiger partial charge is 0.233 e. The van der Waals surface area contributed by atoms with E-state index in [1.165, 1.54) is 28.6 Å². The Morgan fingerprint density at radius 1 is 1.25 bits per heavy atom. The van der Waals surface area contributed by atoms with Crippen molar-refractivity contribution < 1.29 is 9.21 Å². The number of amides is 1. The standard InChI is InChI=1S/C23H29N5O2S2/c1-16-10-17(2)12-27(11-16)22-24-25-23(28(22)14-19-4-3-8-30-19)32-15-21(29)26-7-5-20-18(13-26)6-9-31-20/h3-4,6,8-9,16-17H,5,7,10-15H2,1-2H3. The number of thioether (sulfide) groups is 1. The number of hydrogen-bond donors (Lipinski definition) is 0. The van der Waals surface area contributed by atoms with Crippen molar-refractivity contribution >= 4 is 35.0 Å². The number of carbonyl (C=O) groups is 1. The Kier molecular flexibility index (Phi) is 6.28. The van der Waals surface area contributed by atoms with Crippen LogP contribution in [0, 0.1) is 11.8 Å². The predicted molar refractivity (Wildman–Crippen MR) is 127 cm³/mol. The number of nitrogens with zero attached hydrogens (tertiary/aromatic N) is 5. The molecule has 3 aromatic rings. The molecule has 5 heterocycles. The Bertz CT molecular complexity index is 1050. The number of fused-ring (bicyclic) bond motifs is 1. The Morgan fingerprint density at radius 2 is 2.09 bits per heavy atom. The van der Waals surface area contributed by atoms with Gasteiger partial charge in [-0.1, -0.05) is 25.6 Å².